The average molecular weight is 492 g/mol. The van der Waals surface area contributed by atoms with Crippen LogP contribution in [-0.2, 0) is 4.79 Å². The quantitative estimate of drug-likeness (QED) is 0.244. The van der Waals surface area contributed by atoms with Crippen molar-refractivity contribution in [3.8, 4) is 17.2 Å². The topological polar surface area (TPSA) is 125 Å². The Bertz CT molecular complexity index is 1280. The summed E-state index contributed by atoms with van der Waals surface area (Å²) in [5.41, 5.74) is 4.63. The Morgan fingerprint density at radius 3 is 2.51 bits per heavy atom. The smallest absolute Gasteiger partial charge is 0.339 e. The summed E-state index contributed by atoms with van der Waals surface area (Å²) in [7, 11) is 1.58. The number of carbonyl (C=O) groups is 2. The van der Waals surface area contributed by atoms with E-state index in [4.69, 9.17) is 21.7 Å². The van der Waals surface area contributed by atoms with Crippen LogP contribution < -0.4 is 30.4 Å². The molecular formula is C24H21N5O5S. The molecule has 1 aliphatic heterocycles. The second-order valence-corrected chi connectivity index (χ2v) is 7.66. The number of phenolic OH excluding ortho intramolecular Hbond substituents is 1. The second-order valence-electron chi connectivity index (χ2n) is 7.27. The third kappa shape index (κ3) is 5.84. The number of rotatable bonds is 5. The van der Waals surface area contributed by atoms with Gasteiger partial charge in [-0.25, -0.2) is 10.2 Å². The summed E-state index contributed by atoms with van der Waals surface area (Å²) >= 11 is 5.47. The van der Waals surface area contributed by atoms with Crippen molar-refractivity contribution in [2.45, 2.75) is 0 Å². The van der Waals surface area contributed by atoms with Crippen molar-refractivity contribution in [3.63, 3.8) is 0 Å². The van der Waals surface area contributed by atoms with E-state index in [-0.39, 0.29) is 23.4 Å². The fourth-order valence-corrected chi connectivity index (χ4v) is 3.51. The molecule has 0 fully saturated rings. The van der Waals surface area contributed by atoms with Crippen LogP contribution in [0.25, 0.3) is 0 Å². The van der Waals surface area contributed by atoms with Gasteiger partial charge in [0.05, 0.1) is 19.0 Å². The fraction of sp³-hybridized carbons (Fsp3) is 0.0833. The predicted molar refractivity (Wildman–Crippen MR) is 136 cm³/mol. The summed E-state index contributed by atoms with van der Waals surface area (Å²) in [5, 5.41) is 19.0. The number of fused-ring (bicyclic) bond motifs is 1. The van der Waals surface area contributed by atoms with Gasteiger partial charge >= 0.3 is 6.03 Å². The van der Waals surface area contributed by atoms with E-state index in [0.29, 0.717) is 34.1 Å². The maximum Gasteiger partial charge on any atom is 0.339 e. The minimum atomic E-state index is -0.569. The Balaban J connectivity index is 1.41. The standard InChI is InChI=1S/C24H21N5O5S/c1-33-19-9-4-16(5-10-19)27-24(35)29-20-11-6-17(12-21(20)34-14-22(29)31)26-23(32)28-25-13-15-2-7-18(30)8-3-15/h2-13,30H,14H2,1H3,(H,27,35)(H2,26,28,32)/b25-13-. The van der Waals surface area contributed by atoms with Crippen molar-refractivity contribution in [1.82, 2.24) is 5.43 Å². The van der Waals surface area contributed by atoms with E-state index in [0.717, 1.165) is 0 Å². The average Bonchev–Trinajstić information content (AvgIpc) is 2.85. The van der Waals surface area contributed by atoms with E-state index >= 15 is 0 Å². The fourth-order valence-electron chi connectivity index (χ4n) is 3.19. The maximum atomic E-state index is 12.5. The summed E-state index contributed by atoms with van der Waals surface area (Å²) < 4.78 is 10.7. The molecule has 3 amide bonds. The van der Waals surface area contributed by atoms with Crippen molar-refractivity contribution >= 4 is 52.5 Å². The number of hydrogen-bond acceptors (Lipinski definition) is 7. The Hall–Kier alpha value is -4.64. The number of carbonyl (C=O) groups excluding carboxylic acids is 2. The number of thiocarbonyl (C=S) groups is 1. The van der Waals surface area contributed by atoms with Crippen molar-refractivity contribution < 1.29 is 24.2 Å². The summed E-state index contributed by atoms with van der Waals surface area (Å²) in [6.45, 7) is -0.204. The molecule has 10 nitrogen and oxygen atoms in total. The van der Waals surface area contributed by atoms with Crippen LogP contribution in [0.1, 0.15) is 5.56 Å². The number of urea groups is 1. The molecule has 0 radical (unpaired) electrons. The molecule has 0 saturated carbocycles. The molecule has 4 N–H and O–H groups in total. The SMILES string of the molecule is COc1ccc(NC(=S)N2C(=O)COc3cc(NC(=O)N/N=C\c4ccc(O)cc4)ccc32)cc1. The Morgan fingerprint density at radius 1 is 1.09 bits per heavy atom. The molecule has 35 heavy (non-hydrogen) atoms. The van der Waals surface area contributed by atoms with E-state index in [9.17, 15) is 14.7 Å². The zero-order valence-corrected chi connectivity index (χ0v) is 19.3. The first kappa shape index (κ1) is 23.5. The number of aromatic hydroxyl groups is 1. The molecule has 0 aromatic heterocycles. The molecule has 3 aromatic carbocycles. The molecule has 0 atom stereocenters. The third-order valence-corrected chi connectivity index (χ3v) is 5.16. The van der Waals surface area contributed by atoms with Crippen LogP contribution in [0.3, 0.4) is 0 Å². The maximum absolute atomic E-state index is 12.5. The molecular weight excluding hydrogens is 470 g/mol. The van der Waals surface area contributed by atoms with Crippen LogP contribution in [0.5, 0.6) is 17.2 Å². The molecule has 0 unspecified atom stereocenters. The normalized spacial score (nSPS) is 12.5. The number of methoxy groups -OCH3 is 1. The lowest BCUT2D eigenvalue weighted by atomic mass is 10.2. The summed E-state index contributed by atoms with van der Waals surface area (Å²) in [6.07, 6.45) is 1.44. The van der Waals surface area contributed by atoms with E-state index < -0.39 is 6.03 Å². The monoisotopic (exact) mass is 491 g/mol. The highest BCUT2D eigenvalue weighted by molar-refractivity contribution is 7.80. The molecule has 0 aliphatic carbocycles. The number of anilines is 3. The van der Waals surface area contributed by atoms with E-state index in [1.54, 1.807) is 61.7 Å². The predicted octanol–water partition coefficient (Wildman–Crippen LogP) is 3.68. The van der Waals surface area contributed by atoms with Crippen LogP contribution >= 0.6 is 12.2 Å². The van der Waals surface area contributed by atoms with Gasteiger partial charge in [0.2, 0.25) is 0 Å². The lowest BCUT2D eigenvalue weighted by molar-refractivity contribution is -0.120. The van der Waals surface area contributed by atoms with Gasteiger partial charge in [-0.3, -0.25) is 9.69 Å². The first-order chi connectivity index (χ1) is 16.9. The molecule has 0 bridgehead atoms. The van der Waals surface area contributed by atoms with Gasteiger partial charge in [-0.15, -0.1) is 0 Å². The first-order valence-electron chi connectivity index (χ1n) is 10.4. The van der Waals surface area contributed by atoms with E-state index in [2.05, 4.69) is 21.2 Å². The van der Waals surface area contributed by atoms with Gasteiger partial charge in [-0.2, -0.15) is 5.10 Å². The minimum Gasteiger partial charge on any atom is -0.508 e. The summed E-state index contributed by atoms with van der Waals surface area (Å²) in [6, 6.07) is 17.7. The lowest BCUT2D eigenvalue weighted by Crippen LogP contribution is -2.45. The van der Waals surface area contributed by atoms with Crippen molar-refractivity contribution in [2.24, 2.45) is 5.10 Å². The van der Waals surface area contributed by atoms with Gasteiger partial charge in [-0.05, 0) is 78.4 Å². The Kier molecular flexibility index (Phi) is 7.07. The Morgan fingerprint density at radius 2 is 1.80 bits per heavy atom. The van der Waals surface area contributed by atoms with Crippen LogP contribution in [-0.4, -0.2) is 42.1 Å². The second kappa shape index (κ2) is 10.5. The van der Waals surface area contributed by atoms with Gasteiger partial charge in [0.1, 0.15) is 17.2 Å². The number of benzene rings is 3. The van der Waals surface area contributed by atoms with Gasteiger partial charge in [-0.1, -0.05) is 0 Å². The van der Waals surface area contributed by atoms with E-state index in [1.165, 1.54) is 23.2 Å². The number of hydrogen-bond donors (Lipinski definition) is 4. The molecule has 11 heteroatoms. The van der Waals surface area contributed by atoms with Crippen LogP contribution in [0.4, 0.5) is 21.9 Å². The molecule has 0 saturated heterocycles. The van der Waals surface area contributed by atoms with Gasteiger partial charge in [0.15, 0.2) is 11.7 Å². The molecule has 1 aliphatic rings. The minimum absolute atomic E-state index is 0.139. The van der Waals surface area contributed by atoms with Crippen LogP contribution in [0.2, 0.25) is 0 Å². The zero-order chi connectivity index (χ0) is 24.8. The number of ether oxygens (including phenoxy) is 2. The van der Waals surface area contributed by atoms with E-state index in [1.807, 2.05) is 0 Å². The Labute approximate surface area is 206 Å². The highest BCUT2D eigenvalue weighted by Gasteiger charge is 2.29. The molecule has 3 aromatic rings. The van der Waals surface area contributed by atoms with Crippen molar-refractivity contribution in [3.05, 3.63) is 72.3 Å². The molecule has 4 rings (SSSR count). The zero-order valence-electron chi connectivity index (χ0n) is 18.5. The number of nitrogens with zero attached hydrogens (tertiary/aromatic N) is 2. The number of phenols is 1. The van der Waals surface area contributed by atoms with Crippen molar-refractivity contribution in [2.75, 3.05) is 29.3 Å². The number of hydrazone groups is 1. The highest BCUT2D eigenvalue weighted by atomic mass is 32.1. The largest absolute Gasteiger partial charge is 0.508 e. The summed E-state index contributed by atoms with van der Waals surface area (Å²) in [4.78, 5) is 26.1. The van der Waals surface area contributed by atoms with Crippen LogP contribution in [0, 0.1) is 0 Å². The van der Waals surface area contributed by atoms with Gasteiger partial charge in [0, 0.05) is 17.4 Å². The van der Waals surface area contributed by atoms with Crippen LogP contribution in [0.15, 0.2) is 71.8 Å². The first-order valence-corrected chi connectivity index (χ1v) is 10.8. The highest BCUT2D eigenvalue weighted by Crippen LogP contribution is 2.35. The third-order valence-electron chi connectivity index (χ3n) is 4.88. The number of nitrogens with one attached hydrogen (secondary N) is 3. The summed E-state index contributed by atoms with van der Waals surface area (Å²) in [5.74, 6) is 0.892. The molecule has 1 heterocycles. The lowest BCUT2D eigenvalue weighted by Gasteiger charge is -2.30. The molecule has 0 spiro atoms. The van der Waals surface area contributed by atoms with Crippen molar-refractivity contribution in [1.29, 1.82) is 0 Å². The molecule has 178 valence electrons. The van der Waals surface area contributed by atoms with Gasteiger partial charge < -0.3 is 25.2 Å². The van der Waals surface area contributed by atoms with Gasteiger partial charge in [0.25, 0.3) is 5.91 Å². The number of amides is 3.